The Morgan fingerprint density at radius 1 is 1.22 bits per heavy atom. The van der Waals surface area contributed by atoms with Crippen molar-refractivity contribution in [2.75, 3.05) is 26.3 Å². The molecule has 2 rings (SSSR count). The van der Waals surface area contributed by atoms with E-state index >= 15 is 0 Å². The predicted molar refractivity (Wildman–Crippen MR) is 65.1 cm³/mol. The first-order valence-corrected chi connectivity index (χ1v) is 6.75. The summed E-state index contributed by atoms with van der Waals surface area (Å²) in [6.45, 7) is 2.91. The van der Waals surface area contributed by atoms with Gasteiger partial charge in [-0.3, -0.25) is 9.59 Å². The molecule has 2 fully saturated rings. The van der Waals surface area contributed by atoms with Gasteiger partial charge in [-0.2, -0.15) is 0 Å². The lowest BCUT2D eigenvalue weighted by Crippen LogP contribution is -2.37. The summed E-state index contributed by atoms with van der Waals surface area (Å²) in [5, 5.41) is 8.66. The molecular weight excluding hydrogens is 234 g/mol. The molecule has 5 nitrogen and oxygen atoms in total. The molecule has 1 N–H and O–H groups in total. The van der Waals surface area contributed by atoms with Crippen molar-refractivity contribution in [3.8, 4) is 0 Å². The Balaban J connectivity index is 1.77. The van der Waals surface area contributed by atoms with E-state index in [-0.39, 0.29) is 18.2 Å². The predicted octanol–water partition coefficient (Wildman–Crippen LogP) is 1.13. The number of ether oxygens (including phenoxy) is 1. The number of carbonyl (C=O) groups excluding carboxylic acids is 1. The molecule has 0 spiro atoms. The van der Waals surface area contributed by atoms with E-state index in [9.17, 15) is 9.59 Å². The number of carboxylic acids is 1. The fraction of sp³-hybridized carbons (Fsp3) is 0.846. The summed E-state index contributed by atoms with van der Waals surface area (Å²) in [4.78, 5) is 24.7. The van der Waals surface area contributed by atoms with E-state index in [0.29, 0.717) is 25.6 Å². The van der Waals surface area contributed by atoms with Gasteiger partial charge in [0.25, 0.3) is 0 Å². The largest absolute Gasteiger partial charge is 0.481 e. The highest BCUT2D eigenvalue weighted by Crippen LogP contribution is 2.25. The molecule has 102 valence electrons. The molecule has 0 bridgehead atoms. The summed E-state index contributed by atoms with van der Waals surface area (Å²) in [5.74, 6) is -0.0119. The average Bonchev–Trinajstić information content (AvgIpc) is 2.85. The third-order valence-corrected chi connectivity index (χ3v) is 3.93. The maximum absolute atomic E-state index is 12.2. The Bertz CT molecular complexity index is 312. The Morgan fingerprint density at radius 3 is 2.61 bits per heavy atom. The van der Waals surface area contributed by atoms with Gasteiger partial charge in [0, 0.05) is 38.6 Å². The zero-order valence-corrected chi connectivity index (χ0v) is 10.6. The molecule has 18 heavy (non-hydrogen) atoms. The smallest absolute Gasteiger partial charge is 0.303 e. The van der Waals surface area contributed by atoms with Crippen LogP contribution < -0.4 is 0 Å². The SMILES string of the molecule is O=C(O)CCC1CCN(C(=O)C2CCOCC2)C1. The third kappa shape index (κ3) is 3.45. The van der Waals surface area contributed by atoms with Crippen LogP contribution in [0.3, 0.4) is 0 Å². The molecule has 0 aromatic carbocycles. The van der Waals surface area contributed by atoms with Crippen molar-refractivity contribution in [2.45, 2.75) is 32.1 Å². The van der Waals surface area contributed by atoms with Crippen molar-refractivity contribution in [3.05, 3.63) is 0 Å². The maximum Gasteiger partial charge on any atom is 0.303 e. The van der Waals surface area contributed by atoms with Crippen molar-refractivity contribution in [2.24, 2.45) is 11.8 Å². The second kappa shape index (κ2) is 6.18. The van der Waals surface area contributed by atoms with Gasteiger partial charge in [0.15, 0.2) is 0 Å². The van der Waals surface area contributed by atoms with Crippen molar-refractivity contribution in [1.29, 1.82) is 0 Å². The molecule has 0 aliphatic carbocycles. The van der Waals surface area contributed by atoms with Gasteiger partial charge >= 0.3 is 5.97 Å². The number of likely N-dealkylation sites (tertiary alicyclic amines) is 1. The van der Waals surface area contributed by atoms with Crippen LogP contribution in [0.1, 0.15) is 32.1 Å². The highest BCUT2D eigenvalue weighted by atomic mass is 16.5. The Labute approximate surface area is 107 Å². The molecule has 2 aliphatic heterocycles. The fourth-order valence-corrected chi connectivity index (χ4v) is 2.80. The van der Waals surface area contributed by atoms with E-state index in [0.717, 1.165) is 32.4 Å². The minimum Gasteiger partial charge on any atom is -0.481 e. The van der Waals surface area contributed by atoms with Gasteiger partial charge in [0.2, 0.25) is 5.91 Å². The molecule has 2 saturated heterocycles. The minimum absolute atomic E-state index is 0.122. The fourth-order valence-electron chi connectivity index (χ4n) is 2.80. The number of nitrogens with zero attached hydrogens (tertiary/aromatic N) is 1. The van der Waals surface area contributed by atoms with Gasteiger partial charge < -0.3 is 14.7 Å². The normalized spacial score (nSPS) is 25.3. The summed E-state index contributed by atoms with van der Waals surface area (Å²) in [6, 6.07) is 0. The topological polar surface area (TPSA) is 66.8 Å². The van der Waals surface area contributed by atoms with Crippen molar-refractivity contribution in [1.82, 2.24) is 4.90 Å². The molecule has 0 aromatic heterocycles. The van der Waals surface area contributed by atoms with Gasteiger partial charge in [-0.25, -0.2) is 0 Å². The van der Waals surface area contributed by atoms with E-state index in [1.807, 2.05) is 4.90 Å². The van der Waals surface area contributed by atoms with Crippen LogP contribution in [-0.4, -0.2) is 48.2 Å². The number of amides is 1. The van der Waals surface area contributed by atoms with Crippen LogP contribution in [0, 0.1) is 11.8 Å². The summed E-state index contributed by atoms with van der Waals surface area (Å²) in [5.41, 5.74) is 0. The van der Waals surface area contributed by atoms with Crippen LogP contribution in [0.4, 0.5) is 0 Å². The summed E-state index contributed by atoms with van der Waals surface area (Å²) in [7, 11) is 0. The van der Waals surface area contributed by atoms with E-state index in [1.165, 1.54) is 0 Å². The number of hydrogen-bond acceptors (Lipinski definition) is 3. The van der Waals surface area contributed by atoms with E-state index < -0.39 is 5.97 Å². The Kier molecular flexibility index (Phi) is 4.58. The number of carbonyl (C=O) groups is 2. The summed E-state index contributed by atoms with van der Waals surface area (Å²) >= 11 is 0. The third-order valence-electron chi connectivity index (χ3n) is 3.93. The monoisotopic (exact) mass is 255 g/mol. The van der Waals surface area contributed by atoms with Crippen LogP contribution in [0.5, 0.6) is 0 Å². The van der Waals surface area contributed by atoms with Gasteiger partial charge in [-0.1, -0.05) is 0 Å². The Hall–Kier alpha value is -1.10. The van der Waals surface area contributed by atoms with Crippen molar-refractivity contribution >= 4 is 11.9 Å². The van der Waals surface area contributed by atoms with Crippen LogP contribution in [0.2, 0.25) is 0 Å². The molecule has 0 saturated carbocycles. The number of rotatable bonds is 4. The molecule has 2 aliphatic rings. The molecule has 0 radical (unpaired) electrons. The number of hydrogen-bond donors (Lipinski definition) is 1. The van der Waals surface area contributed by atoms with Gasteiger partial charge in [-0.15, -0.1) is 0 Å². The average molecular weight is 255 g/mol. The molecule has 5 heteroatoms. The second-order valence-electron chi connectivity index (χ2n) is 5.26. The zero-order valence-electron chi connectivity index (χ0n) is 10.6. The summed E-state index contributed by atoms with van der Waals surface area (Å²) in [6.07, 6.45) is 3.50. The molecule has 0 aromatic rings. The highest BCUT2D eigenvalue weighted by molar-refractivity contribution is 5.79. The second-order valence-corrected chi connectivity index (χ2v) is 5.26. The highest BCUT2D eigenvalue weighted by Gasteiger charge is 2.31. The quantitative estimate of drug-likeness (QED) is 0.817. The molecule has 2 heterocycles. The van der Waals surface area contributed by atoms with Crippen molar-refractivity contribution in [3.63, 3.8) is 0 Å². The first kappa shape index (κ1) is 13.3. The minimum atomic E-state index is -0.746. The lowest BCUT2D eigenvalue weighted by Gasteiger charge is -2.26. The molecule has 1 unspecified atom stereocenters. The van der Waals surface area contributed by atoms with Crippen LogP contribution in [0.25, 0.3) is 0 Å². The van der Waals surface area contributed by atoms with Gasteiger partial charge in [0.05, 0.1) is 0 Å². The Morgan fingerprint density at radius 2 is 1.94 bits per heavy atom. The van der Waals surface area contributed by atoms with Crippen molar-refractivity contribution < 1.29 is 19.4 Å². The van der Waals surface area contributed by atoms with Crippen LogP contribution >= 0.6 is 0 Å². The zero-order chi connectivity index (χ0) is 13.0. The summed E-state index contributed by atoms with van der Waals surface area (Å²) < 4.78 is 5.26. The maximum atomic E-state index is 12.2. The van der Waals surface area contributed by atoms with Crippen LogP contribution in [0.15, 0.2) is 0 Å². The number of carboxylic acid groups (broad SMARTS) is 1. The van der Waals surface area contributed by atoms with Gasteiger partial charge in [-0.05, 0) is 31.6 Å². The molecular formula is C13H21NO4. The van der Waals surface area contributed by atoms with E-state index in [1.54, 1.807) is 0 Å². The van der Waals surface area contributed by atoms with E-state index in [2.05, 4.69) is 0 Å². The lowest BCUT2D eigenvalue weighted by atomic mass is 9.98. The van der Waals surface area contributed by atoms with Crippen LogP contribution in [-0.2, 0) is 14.3 Å². The number of aliphatic carboxylic acids is 1. The molecule has 1 atom stereocenters. The van der Waals surface area contributed by atoms with Gasteiger partial charge in [0.1, 0.15) is 0 Å². The first-order chi connectivity index (χ1) is 8.66. The standard InChI is InChI=1S/C13H21NO4/c15-12(16)2-1-10-3-6-14(9-10)13(17)11-4-7-18-8-5-11/h10-11H,1-9H2,(H,15,16). The first-order valence-electron chi connectivity index (χ1n) is 6.75. The van der Waals surface area contributed by atoms with E-state index in [4.69, 9.17) is 9.84 Å². The lowest BCUT2D eigenvalue weighted by molar-refractivity contribution is -0.137. The molecule has 1 amide bonds.